The van der Waals surface area contributed by atoms with Gasteiger partial charge in [-0.3, -0.25) is 4.79 Å². The smallest absolute Gasteiger partial charge is 0.133 e. The molecule has 0 heterocycles. The van der Waals surface area contributed by atoms with E-state index in [1.807, 2.05) is 13.8 Å². The van der Waals surface area contributed by atoms with Crippen LogP contribution >= 0.6 is 0 Å². The van der Waals surface area contributed by atoms with Crippen molar-refractivity contribution >= 4 is 5.78 Å². The lowest BCUT2D eigenvalue weighted by molar-refractivity contribution is -0.130. The van der Waals surface area contributed by atoms with E-state index in [0.717, 1.165) is 48.9 Å². The molecular formula is C21H34O2. The third-order valence-electron chi connectivity index (χ3n) is 8.73. The van der Waals surface area contributed by atoms with Crippen molar-refractivity contribution in [1.29, 1.82) is 0 Å². The molecule has 0 aliphatic heterocycles. The molecule has 4 aliphatic carbocycles. The first-order chi connectivity index (χ1) is 10.8. The lowest BCUT2D eigenvalue weighted by Gasteiger charge is -2.56. The third kappa shape index (κ3) is 2.42. The molecule has 4 unspecified atom stereocenters. The van der Waals surface area contributed by atoms with Crippen molar-refractivity contribution in [3.8, 4) is 0 Å². The van der Waals surface area contributed by atoms with E-state index in [0.29, 0.717) is 17.1 Å². The van der Waals surface area contributed by atoms with E-state index in [-0.39, 0.29) is 0 Å². The molecule has 4 aliphatic rings. The van der Waals surface area contributed by atoms with Crippen molar-refractivity contribution < 1.29 is 9.90 Å². The molecule has 0 aromatic heterocycles. The Hall–Kier alpha value is -0.370. The van der Waals surface area contributed by atoms with Gasteiger partial charge in [0.05, 0.1) is 5.60 Å². The zero-order chi connectivity index (χ0) is 16.4. The van der Waals surface area contributed by atoms with Crippen LogP contribution in [-0.2, 0) is 4.79 Å². The van der Waals surface area contributed by atoms with Crippen LogP contribution in [0.3, 0.4) is 0 Å². The highest BCUT2D eigenvalue weighted by Gasteiger charge is 2.58. The first-order valence-corrected chi connectivity index (χ1v) is 10.0. The molecule has 8 atom stereocenters. The van der Waals surface area contributed by atoms with Crippen molar-refractivity contribution in [1.82, 2.24) is 0 Å². The number of carbonyl (C=O) groups excluding carboxylic acids is 1. The maximum absolute atomic E-state index is 12.1. The van der Waals surface area contributed by atoms with E-state index in [9.17, 15) is 9.90 Å². The largest absolute Gasteiger partial charge is 0.390 e. The zero-order valence-corrected chi connectivity index (χ0v) is 15.2. The number of Topliss-reactive ketones (excluding diaryl/α,β-unsaturated/α-hetero) is 1. The van der Waals surface area contributed by atoms with Gasteiger partial charge in [0.15, 0.2) is 0 Å². The molecule has 2 nitrogen and oxygen atoms in total. The summed E-state index contributed by atoms with van der Waals surface area (Å²) in [5.41, 5.74) is -0.121. The molecule has 0 bridgehead atoms. The molecule has 23 heavy (non-hydrogen) atoms. The Morgan fingerprint density at radius 3 is 2.39 bits per heavy atom. The van der Waals surface area contributed by atoms with Crippen molar-refractivity contribution in [3.63, 3.8) is 0 Å². The van der Waals surface area contributed by atoms with Gasteiger partial charge in [-0.1, -0.05) is 6.92 Å². The SMILES string of the molecule is CC(=O)C1CCC2C3CC[C@@H]4C[C@](C)(O)CC[C@@H]4C3CC[C@]12C. The summed E-state index contributed by atoms with van der Waals surface area (Å²) in [5, 5.41) is 10.5. The summed E-state index contributed by atoms with van der Waals surface area (Å²) in [7, 11) is 0. The molecule has 130 valence electrons. The Kier molecular flexibility index (Phi) is 3.72. The predicted molar refractivity (Wildman–Crippen MR) is 91.9 cm³/mol. The fourth-order valence-corrected chi connectivity index (χ4v) is 7.75. The molecule has 0 aromatic carbocycles. The quantitative estimate of drug-likeness (QED) is 0.767. The number of fused-ring (bicyclic) bond motifs is 5. The van der Waals surface area contributed by atoms with Crippen LogP contribution < -0.4 is 0 Å². The van der Waals surface area contributed by atoms with Gasteiger partial charge >= 0.3 is 0 Å². The van der Waals surface area contributed by atoms with Gasteiger partial charge in [0.2, 0.25) is 0 Å². The minimum Gasteiger partial charge on any atom is -0.390 e. The summed E-state index contributed by atoms with van der Waals surface area (Å²) in [4.78, 5) is 12.1. The lowest BCUT2D eigenvalue weighted by atomic mass is 9.49. The summed E-state index contributed by atoms with van der Waals surface area (Å²) >= 11 is 0. The fraction of sp³-hybridized carbons (Fsp3) is 0.952. The molecule has 4 fully saturated rings. The molecule has 4 saturated carbocycles. The topological polar surface area (TPSA) is 37.3 Å². The summed E-state index contributed by atoms with van der Waals surface area (Å²) in [6, 6.07) is 0. The Balaban J connectivity index is 1.56. The lowest BCUT2D eigenvalue weighted by Crippen LogP contribution is -2.50. The Morgan fingerprint density at radius 2 is 1.65 bits per heavy atom. The minimum absolute atomic E-state index is 0.292. The van der Waals surface area contributed by atoms with E-state index in [2.05, 4.69) is 6.92 Å². The highest BCUT2D eigenvalue weighted by molar-refractivity contribution is 5.79. The van der Waals surface area contributed by atoms with Crippen LogP contribution in [0.2, 0.25) is 0 Å². The van der Waals surface area contributed by atoms with Gasteiger partial charge in [0.25, 0.3) is 0 Å². The highest BCUT2D eigenvalue weighted by Crippen LogP contribution is 2.64. The Labute approximate surface area is 141 Å². The second-order valence-corrected chi connectivity index (χ2v) is 9.96. The first kappa shape index (κ1) is 16.1. The average Bonchev–Trinajstić information content (AvgIpc) is 2.83. The summed E-state index contributed by atoms with van der Waals surface area (Å²) in [5.74, 6) is 4.92. The molecule has 0 spiro atoms. The van der Waals surface area contributed by atoms with E-state index in [4.69, 9.17) is 0 Å². The van der Waals surface area contributed by atoms with Crippen molar-refractivity contribution in [2.45, 2.75) is 84.2 Å². The van der Waals surface area contributed by atoms with Crippen molar-refractivity contribution in [3.05, 3.63) is 0 Å². The fourth-order valence-electron chi connectivity index (χ4n) is 7.75. The van der Waals surface area contributed by atoms with E-state index in [1.54, 1.807) is 0 Å². The van der Waals surface area contributed by atoms with Gasteiger partial charge in [0, 0.05) is 5.92 Å². The molecule has 0 saturated heterocycles. The number of aliphatic hydroxyl groups is 1. The van der Waals surface area contributed by atoms with Crippen molar-refractivity contribution in [2.24, 2.45) is 40.9 Å². The third-order valence-corrected chi connectivity index (χ3v) is 8.73. The van der Waals surface area contributed by atoms with Gasteiger partial charge in [-0.2, -0.15) is 0 Å². The molecule has 0 amide bonds. The van der Waals surface area contributed by atoms with Crippen LogP contribution in [0.5, 0.6) is 0 Å². The van der Waals surface area contributed by atoms with Gasteiger partial charge in [0.1, 0.15) is 5.78 Å². The second-order valence-electron chi connectivity index (χ2n) is 9.96. The van der Waals surface area contributed by atoms with Crippen LogP contribution in [0, 0.1) is 40.9 Å². The first-order valence-electron chi connectivity index (χ1n) is 10.0. The van der Waals surface area contributed by atoms with E-state index in [1.165, 1.54) is 38.5 Å². The molecule has 4 rings (SSSR count). The Bertz CT molecular complexity index is 496. The van der Waals surface area contributed by atoms with Crippen LogP contribution in [0.4, 0.5) is 0 Å². The highest BCUT2D eigenvalue weighted by atomic mass is 16.3. The van der Waals surface area contributed by atoms with E-state index >= 15 is 0 Å². The number of rotatable bonds is 1. The molecule has 0 radical (unpaired) electrons. The zero-order valence-electron chi connectivity index (χ0n) is 15.2. The van der Waals surface area contributed by atoms with Gasteiger partial charge in [-0.25, -0.2) is 0 Å². The standard InChI is InChI=1S/C21H34O2/c1-13(22)18-6-7-19-17-5-4-14-12-20(2,23)10-8-15(14)16(17)9-11-21(18,19)3/h14-19,23H,4-12H2,1-3H3/t14-,15+,16?,17?,18?,19?,20-,21-/m1/s1. The normalized spacial score (nSPS) is 55.7. The molecule has 2 heteroatoms. The van der Waals surface area contributed by atoms with Gasteiger partial charge in [-0.15, -0.1) is 0 Å². The monoisotopic (exact) mass is 318 g/mol. The number of ketones is 1. The Morgan fingerprint density at radius 1 is 0.913 bits per heavy atom. The summed E-state index contributed by atoms with van der Waals surface area (Å²) in [6.45, 7) is 6.30. The molecule has 1 N–H and O–H groups in total. The van der Waals surface area contributed by atoms with Gasteiger partial charge in [-0.05, 0) is 107 Å². The van der Waals surface area contributed by atoms with Crippen LogP contribution in [0.25, 0.3) is 0 Å². The summed E-state index contributed by atoms with van der Waals surface area (Å²) in [6.07, 6.45) is 11.0. The van der Waals surface area contributed by atoms with Crippen LogP contribution in [0.1, 0.15) is 78.6 Å². The number of hydrogen-bond donors (Lipinski definition) is 1. The predicted octanol–water partition coefficient (Wildman–Crippen LogP) is 4.60. The number of carbonyl (C=O) groups is 1. The second kappa shape index (κ2) is 5.31. The van der Waals surface area contributed by atoms with Crippen LogP contribution in [0.15, 0.2) is 0 Å². The maximum Gasteiger partial charge on any atom is 0.133 e. The number of hydrogen-bond acceptors (Lipinski definition) is 2. The molecule has 0 aromatic rings. The average molecular weight is 319 g/mol. The minimum atomic E-state index is -0.412. The van der Waals surface area contributed by atoms with Crippen LogP contribution in [-0.4, -0.2) is 16.5 Å². The van der Waals surface area contributed by atoms with E-state index < -0.39 is 5.60 Å². The maximum atomic E-state index is 12.1. The van der Waals surface area contributed by atoms with Gasteiger partial charge < -0.3 is 5.11 Å². The molecular weight excluding hydrogens is 284 g/mol. The summed E-state index contributed by atoms with van der Waals surface area (Å²) < 4.78 is 0. The van der Waals surface area contributed by atoms with Crippen molar-refractivity contribution in [2.75, 3.05) is 0 Å².